The Balaban J connectivity index is 2.05. The van der Waals surface area contributed by atoms with Crippen LogP contribution in [-0.4, -0.2) is 18.1 Å². The molecule has 0 atom stereocenters. The Morgan fingerprint density at radius 2 is 2.31 bits per heavy atom. The molecule has 1 N–H and O–H groups in total. The average Bonchev–Trinajstić information content (AvgIpc) is 2.39. The van der Waals surface area contributed by atoms with E-state index in [2.05, 4.69) is 24.1 Å². The van der Waals surface area contributed by atoms with Gasteiger partial charge < -0.3 is 5.32 Å². The molecule has 2 rings (SSSR count). The molecule has 1 fully saturated rings. The molecule has 0 unspecified atom stereocenters. The maximum Gasteiger partial charge on any atom is 0.0928 e. The Labute approximate surface area is 83.4 Å². The van der Waals surface area contributed by atoms with E-state index in [4.69, 9.17) is 0 Å². The smallest absolute Gasteiger partial charge is 0.0928 e. The maximum absolute atomic E-state index is 4.64. The maximum atomic E-state index is 4.64. The predicted octanol–water partition coefficient (Wildman–Crippen LogP) is 1.78. The average molecular weight is 196 g/mol. The van der Waals surface area contributed by atoms with Gasteiger partial charge in [-0.1, -0.05) is 6.92 Å². The standard InChI is InChI=1S/C10H16N2S/c1-3-10-12-9(7(2)13-10)4-8-5-11-6-8/h8,11H,3-6H2,1-2H3. The summed E-state index contributed by atoms with van der Waals surface area (Å²) in [4.78, 5) is 6.06. The third-order valence-corrected chi connectivity index (χ3v) is 3.74. The van der Waals surface area contributed by atoms with Crippen LogP contribution in [0, 0.1) is 12.8 Å². The highest BCUT2D eigenvalue weighted by atomic mass is 32.1. The first-order chi connectivity index (χ1) is 6.29. The van der Waals surface area contributed by atoms with Gasteiger partial charge in [0.15, 0.2) is 0 Å². The van der Waals surface area contributed by atoms with Crippen LogP contribution in [-0.2, 0) is 12.8 Å². The molecule has 1 aromatic rings. The van der Waals surface area contributed by atoms with Crippen LogP contribution in [0.2, 0.25) is 0 Å². The van der Waals surface area contributed by atoms with Crippen LogP contribution in [0.1, 0.15) is 22.5 Å². The minimum atomic E-state index is 0.838. The van der Waals surface area contributed by atoms with Crippen molar-refractivity contribution in [1.82, 2.24) is 10.3 Å². The summed E-state index contributed by atoms with van der Waals surface area (Å²) in [5, 5.41) is 4.59. The van der Waals surface area contributed by atoms with Crippen molar-refractivity contribution in [2.45, 2.75) is 26.7 Å². The van der Waals surface area contributed by atoms with Gasteiger partial charge in [-0.3, -0.25) is 0 Å². The van der Waals surface area contributed by atoms with Crippen molar-refractivity contribution < 1.29 is 0 Å². The van der Waals surface area contributed by atoms with Gasteiger partial charge in [0.05, 0.1) is 10.7 Å². The van der Waals surface area contributed by atoms with E-state index in [-0.39, 0.29) is 0 Å². The zero-order valence-electron chi connectivity index (χ0n) is 8.26. The molecule has 1 aromatic heterocycles. The topological polar surface area (TPSA) is 24.9 Å². The number of nitrogens with zero attached hydrogens (tertiary/aromatic N) is 1. The molecule has 0 radical (unpaired) electrons. The first kappa shape index (κ1) is 9.16. The van der Waals surface area contributed by atoms with E-state index in [0.29, 0.717) is 0 Å². The largest absolute Gasteiger partial charge is 0.316 e. The third-order valence-electron chi connectivity index (χ3n) is 2.59. The second kappa shape index (κ2) is 3.76. The number of hydrogen-bond donors (Lipinski definition) is 1. The summed E-state index contributed by atoms with van der Waals surface area (Å²) < 4.78 is 0. The van der Waals surface area contributed by atoms with Crippen molar-refractivity contribution in [3.8, 4) is 0 Å². The minimum absolute atomic E-state index is 0.838. The van der Waals surface area contributed by atoms with E-state index in [1.54, 1.807) is 0 Å². The quantitative estimate of drug-likeness (QED) is 0.797. The van der Waals surface area contributed by atoms with Gasteiger partial charge in [0.1, 0.15) is 0 Å². The van der Waals surface area contributed by atoms with E-state index in [9.17, 15) is 0 Å². The van der Waals surface area contributed by atoms with Crippen LogP contribution >= 0.6 is 11.3 Å². The lowest BCUT2D eigenvalue weighted by Crippen LogP contribution is -2.43. The molecule has 0 aromatic carbocycles. The summed E-state index contributed by atoms with van der Waals surface area (Å²) in [6.07, 6.45) is 2.25. The monoisotopic (exact) mass is 196 g/mol. The second-order valence-corrected chi connectivity index (χ2v) is 4.98. The Kier molecular flexibility index (Phi) is 2.65. The van der Waals surface area contributed by atoms with Gasteiger partial charge >= 0.3 is 0 Å². The number of hydrogen-bond acceptors (Lipinski definition) is 3. The Morgan fingerprint density at radius 3 is 2.77 bits per heavy atom. The molecule has 0 aliphatic carbocycles. The van der Waals surface area contributed by atoms with E-state index in [1.165, 1.54) is 35.1 Å². The molecule has 1 aliphatic heterocycles. The molecule has 2 nitrogen and oxygen atoms in total. The van der Waals surface area contributed by atoms with Gasteiger partial charge in [-0.15, -0.1) is 11.3 Å². The Hall–Kier alpha value is -0.410. The van der Waals surface area contributed by atoms with E-state index < -0.39 is 0 Å². The van der Waals surface area contributed by atoms with E-state index in [0.717, 1.165) is 12.3 Å². The molecule has 13 heavy (non-hydrogen) atoms. The molecule has 1 aliphatic rings. The molecular formula is C10H16N2S. The van der Waals surface area contributed by atoms with Crippen LogP contribution < -0.4 is 5.32 Å². The van der Waals surface area contributed by atoms with Crippen LogP contribution in [0.4, 0.5) is 0 Å². The molecule has 0 amide bonds. The number of nitrogens with one attached hydrogen (secondary N) is 1. The van der Waals surface area contributed by atoms with Crippen LogP contribution in [0.25, 0.3) is 0 Å². The summed E-state index contributed by atoms with van der Waals surface area (Å²) in [5.74, 6) is 0.838. The van der Waals surface area contributed by atoms with Crippen LogP contribution in [0.5, 0.6) is 0 Å². The number of aromatic nitrogens is 1. The van der Waals surface area contributed by atoms with Gasteiger partial charge in [-0.2, -0.15) is 0 Å². The zero-order chi connectivity index (χ0) is 9.26. The summed E-state index contributed by atoms with van der Waals surface area (Å²) >= 11 is 1.86. The van der Waals surface area contributed by atoms with Crippen molar-refractivity contribution in [3.63, 3.8) is 0 Å². The van der Waals surface area contributed by atoms with Crippen LogP contribution in [0.3, 0.4) is 0 Å². The fraction of sp³-hybridized carbons (Fsp3) is 0.700. The summed E-state index contributed by atoms with van der Waals surface area (Å²) in [7, 11) is 0. The summed E-state index contributed by atoms with van der Waals surface area (Å²) in [5.41, 5.74) is 1.34. The Bertz CT molecular complexity index is 289. The van der Waals surface area contributed by atoms with Gasteiger partial charge in [-0.25, -0.2) is 4.98 Å². The van der Waals surface area contributed by atoms with Gasteiger partial charge in [-0.05, 0) is 38.8 Å². The predicted molar refractivity (Wildman–Crippen MR) is 56.3 cm³/mol. The van der Waals surface area contributed by atoms with Gasteiger partial charge in [0.25, 0.3) is 0 Å². The molecular weight excluding hydrogens is 180 g/mol. The fourth-order valence-electron chi connectivity index (χ4n) is 1.59. The normalized spacial score (nSPS) is 17.4. The lowest BCUT2D eigenvalue weighted by Gasteiger charge is -2.26. The highest BCUT2D eigenvalue weighted by Gasteiger charge is 2.19. The number of rotatable bonds is 3. The van der Waals surface area contributed by atoms with E-state index in [1.807, 2.05) is 11.3 Å². The van der Waals surface area contributed by atoms with Crippen molar-refractivity contribution >= 4 is 11.3 Å². The van der Waals surface area contributed by atoms with Crippen molar-refractivity contribution in [3.05, 3.63) is 15.6 Å². The minimum Gasteiger partial charge on any atom is -0.316 e. The van der Waals surface area contributed by atoms with Crippen molar-refractivity contribution in [2.75, 3.05) is 13.1 Å². The summed E-state index contributed by atoms with van der Waals surface area (Å²) in [6, 6.07) is 0. The van der Waals surface area contributed by atoms with Gasteiger partial charge in [0, 0.05) is 4.88 Å². The molecule has 2 heterocycles. The molecule has 3 heteroatoms. The van der Waals surface area contributed by atoms with Crippen LogP contribution in [0.15, 0.2) is 0 Å². The van der Waals surface area contributed by atoms with E-state index >= 15 is 0 Å². The highest BCUT2D eigenvalue weighted by Crippen LogP contribution is 2.21. The molecule has 72 valence electrons. The third kappa shape index (κ3) is 1.92. The SMILES string of the molecule is CCc1nc(CC2CNC2)c(C)s1. The van der Waals surface area contributed by atoms with Gasteiger partial charge in [0.2, 0.25) is 0 Å². The number of aryl methyl sites for hydroxylation is 2. The molecule has 0 spiro atoms. The Morgan fingerprint density at radius 1 is 1.54 bits per heavy atom. The fourth-order valence-corrected chi connectivity index (χ4v) is 2.49. The zero-order valence-corrected chi connectivity index (χ0v) is 9.08. The van der Waals surface area contributed by atoms with Crippen molar-refractivity contribution in [1.29, 1.82) is 0 Å². The first-order valence-corrected chi connectivity index (χ1v) is 5.77. The number of thiazole rings is 1. The highest BCUT2D eigenvalue weighted by molar-refractivity contribution is 7.11. The first-order valence-electron chi connectivity index (χ1n) is 4.95. The van der Waals surface area contributed by atoms with Crippen molar-refractivity contribution in [2.24, 2.45) is 5.92 Å². The lowest BCUT2D eigenvalue weighted by molar-refractivity contribution is 0.344. The molecule has 0 saturated carbocycles. The second-order valence-electron chi connectivity index (χ2n) is 3.69. The lowest BCUT2D eigenvalue weighted by atomic mass is 9.97. The summed E-state index contributed by atoms with van der Waals surface area (Å²) in [6.45, 7) is 6.72. The molecule has 1 saturated heterocycles. The molecule has 0 bridgehead atoms.